The molecule has 0 saturated heterocycles. The van der Waals surface area contributed by atoms with Crippen LogP contribution in [0.4, 0.5) is 5.69 Å². The lowest BCUT2D eigenvalue weighted by Gasteiger charge is -2.07. The molecule has 0 bridgehead atoms. The number of nitrogens with zero attached hydrogens (tertiary/aromatic N) is 2. The van der Waals surface area contributed by atoms with Crippen LogP contribution in [0, 0.1) is 0 Å². The van der Waals surface area contributed by atoms with Crippen LogP contribution in [-0.4, -0.2) is 14.9 Å². The van der Waals surface area contributed by atoms with E-state index in [0.29, 0.717) is 11.0 Å². The first-order chi connectivity index (χ1) is 8.20. The van der Waals surface area contributed by atoms with E-state index >= 15 is 0 Å². The first-order valence-corrected chi connectivity index (χ1v) is 6.22. The molecule has 0 aliphatic carbocycles. The zero-order valence-electron chi connectivity index (χ0n) is 9.52. The Bertz CT molecular complexity index is 510. The van der Waals surface area contributed by atoms with Gasteiger partial charge in [0.05, 0.1) is 16.4 Å². The minimum atomic E-state index is 0.280. The van der Waals surface area contributed by atoms with E-state index in [4.69, 9.17) is 0 Å². The van der Waals surface area contributed by atoms with E-state index in [1.807, 2.05) is 36.0 Å². The monoisotopic (exact) mass is 295 g/mol. The third-order valence-corrected chi connectivity index (χ3v) is 3.15. The first-order valence-electron chi connectivity index (χ1n) is 5.43. The van der Waals surface area contributed by atoms with Crippen LogP contribution in [0.25, 0.3) is 0 Å². The van der Waals surface area contributed by atoms with Crippen molar-refractivity contribution in [1.29, 1.82) is 0 Å². The molecule has 0 aliphatic heterocycles. The van der Waals surface area contributed by atoms with Crippen molar-refractivity contribution in [3.63, 3.8) is 0 Å². The van der Waals surface area contributed by atoms with Gasteiger partial charge in [0.15, 0.2) is 0 Å². The van der Waals surface area contributed by atoms with E-state index in [2.05, 4.69) is 26.3 Å². The number of phenols is 1. The van der Waals surface area contributed by atoms with Crippen molar-refractivity contribution >= 4 is 21.6 Å². The molecule has 1 aromatic heterocycles. The number of para-hydroxylation sites is 1. The van der Waals surface area contributed by atoms with Gasteiger partial charge >= 0.3 is 0 Å². The molecule has 17 heavy (non-hydrogen) atoms. The van der Waals surface area contributed by atoms with E-state index in [0.717, 1.165) is 17.8 Å². The van der Waals surface area contributed by atoms with Crippen molar-refractivity contribution in [2.45, 2.75) is 20.0 Å². The van der Waals surface area contributed by atoms with Crippen LogP contribution in [0.15, 0.2) is 35.1 Å². The SMILES string of the molecule is CCn1cc(NCc2cccc(Br)c2O)cn1. The molecule has 0 aliphatic rings. The minimum absolute atomic E-state index is 0.280. The van der Waals surface area contributed by atoms with Gasteiger partial charge in [0.25, 0.3) is 0 Å². The predicted octanol–water partition coefficient (Wildman–Crippen LogP) is 2.98. The number of halogens is 1. The molecular weight excluding hydrogens is 282 g/mol. The summed E-state index contributed by atoms with van der Waals surface area (Å²) in [6.07, 6.45) is 3.72. The minimum Gasteiger partial charge on any atom is -0.506 e. The van der Waals surface area contributed by atoms with Crippen LogP contribution in [0.3, 0.4) is 0 Å². The summed E-state index contributed by atoms with van der Waals surface area (Å²) in [5, 5.41) is 17.2. The average molecular weight is 296 g/mol. The smallest absolute Gasteiger partial charge is 0.134 e. The van der Waals surface area contributed by atoms with E-state index in [9.17, 15) is 5.11 Å². The van der Waals surface area contributed by atoms with Crippen LogP contribution in [-0.2, 0) is 13.1 Å². The Kier molecular flexibility index (Phi) is 3.68. The number of aryl methyl sites for hydroxylation is 1. The zero-order valence-corrected chi connectivity index (χ0v) is 11.1. The lowest BCUT2D eigenvalue weighted by molar-refractivity contribution is 0.465. The molecule has 5 heteroatoms. The number of phenolic OH excluding ortho intramolecular Hbond substituents is 1. The largest absolute Gasteiger partial charge is 0.506 e. The van der Waals surface area contributed by atoms with Crippen molar-refractivity contribution in [1.82, 2.24) is 9.78 Å². The highest BCUT2D eigenvalue weighted by Crippen LogP contribution is 2.27. The van der Waals surface area contributed by atoms with E-state index in [1.54, 1.807) is 6.20 Å². The van der Waals surface area contributed by atoms with Crippen molar-refractivity contribution in [3.05, 3.63) is 40.6 Å². The number of hydrogen-bond donors (Lipinski definition) is 2. The van der Waals surface area contributed by atoms with Gasteiger partial charge in [0.2, 0.25) is 0 Å². The summed E-state index contributed by atoms with van der Waals surface area (Å²) >= 11 is 3.29. The lowest BCUT2D eigenvalue weighted by Crippen LogP contribution is -1.99. The predicted molar refractivity (Wildman–Crippen MR) is 71.0 cm³/mol. The average Bonchev–Trinajstić information content (AvgIpc) is 2.79. The summed E-state index contributed by atoms with van der Waals surface area (Å²) in [6, 6.07) is 5.60. The molecule has 2 rings (SSSR count). The fourth-order valence-electron chi connectivity index (χ4n) is 1.53. The van der Waals surface area contributed by atoms with Crippen LogP contribution in [0.1, 0.15) is 12.5 Å². The van der Waals surface area contributed by atoms with Gasteiger partial charge in [-0.05, 0) is 28.9 Å². The Morgan fingerprint density at radius 2 is 2.29 bits per heavy atom. The van der Waals surface area contributed by atoms with Gasteiger partial charge in [0.1, 0.15) is 5.75 Å². The van der Waals surface area contributed by atoms with Crippen LogP contribution >= 0.6 is 15.9 Å². The summed E-state index contributed by atoms with van der Waals surface area (Å²) < 4.78 is 2.56. The van der Waals surface area contributed by atoms with Crippen molar-refractivity contribution in [2.75, 3.05) is 5.32 Å². The highest BCUT2D eigenvalue weighted by Gasteiger charge is 2.04. The lowest BCUT2D eigenvalue weighted by atomic mass is 10.2. The number of hydrogen-bond acceptors (Lipinski definition) is 3. The molecule has 0 atom stereocenters. The Morgan fingerprint density at radius 1 is 1.47 bits per heavy atom. The van der Waals surface area contributed by atoms with E-state index in [-0.39, 0.29) is 5.75 Å². The molecule has 1 aromatic carbocycles. The van der Waals surface area contributed by atoms with Crippen molar-refractivity contribution < 1.29 is 5.11 Å². The van der Waals surface area contributed by atoms with E-state index in [1.165, 1.54) is 0 Å². The summed E-state index contributed by atoms with van der Waals surface area (Å²) in [5.41, 5.74) is 1.80. The Hall–Kier alpha value is -1.49. The summed E-state index contributed by atoms with van der Waals surface area (Å²) in [7, 11) is 0. The number of aromatic nitrogens is 2. The summed E-state index contributed by atoms with van der Waals surface area (Å²) in [4.78, 5) is 0. The molecule has 90 valence electrons. The van der Waals surface area contributed by atoms with Gasteiger partial charge in [-0.2, -0.15) is 5.10 Å². The topological polar surface area (TPSA) is 50.1 Å². The maximum Gasteiger partial charge on any atom is 0.134 e. The fraction of sp³-hybridized carbons (Fsp3) is 0.250. The molecule has 0 unspecified atom stereocenters. The fourth-order valence-corrected chi connectivity index (χ4v) is 1.93. The van der Waals surface area contributed by atoms with Crippen LogP contribution in [0.2, 0.25) is 0 Å². The van der Waals surface area contributed by atoms with Gasteiger partial charge in [-0.25, -0.2) is 0 Å². The molecule has 2 N–H and O–H groups in total. The maximum atomic E-state index is 9.82. The molecule has 1 heterocycles. The second-order valence-electron chi connectivity index (χ2n) is 3.69. The van der Waals surface area contributed by atoms with Crippen LogP contribution in [0.5, 0.6) is 5.75 Å². The normalized spacial score (nSPS) is 10.5. The number of nitrogens with one attached hydrogen (secondary N) is 1. The number of rotatable bonds is 4. The second kappa shape index (κ2) is 5.23. The maximum absolute atomic E-state index is 9.82. The molecule has 2 aromatic rings. The van der Waals surface area contributed by atoms with Gasteiger partial charge in [-0.15, -0.1) is 0 Å². The highest BCUT2D eigenvalue weighted by atomic mass is 79.9. The quantitative estimate of drug-likeness (QED) is 0.912. The standard InChI is InChI=1S/C12H14BrN3O/c1-2-16-8-10(7-15-16)14-6-9-4-3-5-11(13)12(9)17/h3-5,7-8,14,17H,2,6H2,1H3. The molecule has 4 nitrogen and oxygen atoms in total. The van der Waals surface area contributed by atoms with E-state index < -0.39 is 0 Å². The van der Waals surface area contributed by atoms with Gasteiger partial charge in [-0.1, -0.05) is 12.1 Å². The molecular formula is C12H14BrN3O. The summed E-state index contributed by atoms with van der Waals surface area (Å²) in [5.74, 6) is 0.280. The molecule has 0 spiro atoms. The van der Waals surface area contributed by atoms with Gasteiger partial charge in [-0.3, -0.25) is 4.68 Å². The molecule has 0 amide bonds. The third kappa shape index (κ3) is 2.79. The highest BCUT2D eigenvalue weighted by molar-refractivity contribution is 9.10. The third-order valence-electron chi connectivity index (χ3n) is 2.51. The van der Waals surface area contributed by atoms with Crippen molar-refractivity contribution in [3.8, 4) is 5.75 Å². The zero-order chi connectivity index (χ0) is 12.3. The summed E-state index contributed by atoms with van der Waals surface area (Å²) in [6.45, 7) is 3.46. The number of benzene rings is 1. The molecule has 0 radical (unpaired) electrons. The van der Waals surface area contributed by atoms with Gasteiger partial charge < -0.3 is 10.4 Å². The Labute approximate surface area is 108 Å². The molecule has 0 fully saturated rings. The van der Waals surface area contributed by atoms with Crippen molar-refractivity contribution in [2.24, 2.45) is 0 Å². The Morgan fingerprint density at radius 3 is 3.00 bits per heavy atom. The van der Waals surface area contributed by atoms with Gasteiger partial charge in [0, 0.05) is 24.8 Å². The second-order valence-corrected chi connectivity index (χ2v) is 4.54. The Balaban J connectivity index is 2.04. The first kappa shape index (κ1) is 12.0. The number of anilines is 1. The van der Waals surface area contributed by atoms with Crippen LogP contribution < -0.4 is 5.32 Å². The molecule has 0 saturated carbocycles. The number of aromatic hydroxyl groups is 1.